The normalized spacial score (nSPS) is 20.5. The highest BCUT2D eigenvalue weighted by atomic mass is 28.6. The van der Waals surface area contributed by atoms with Crippen molar-refractivity contribution in [3.05, 3.63) is 0 Å². The highest BCUT2D eigenvalue weighted by Gasteiger charge is 2.70. The SMILES string of the molecule is CCCCCCCCCCCCCCCCC(C)[N+](C)(C)CCC[Si](O)(OCC)O[Si](OCC)(OCC)O[Si](C)(OC)O[Si](C)(O)O[Si]1(C)O[Si](C)(O[Si](C)(OC)O[Si](OCC)(OCC)O[Si](O)(CCC[N+](C)(C)C(C)CCCCCCCCCCCCCCCC)OCC)O1. The molecule has 7 unspecified atom stereocenters. The van der Waals surface area contributed by atoms with Gasteiger partial charge in [0.25, 0.3) is 0 Å². The van der Waals surface area contributed by atoms with Gasteiger partial charge in [-0.25, -0.2) is 0 Å². The van der Waals surface area contributed by atoms with Crippen molar-refractivity contribution >= 4 is 79.7 Å². The fourth-order valence-electron chi connectivity index (χ4n) is 12.5. The van der Waals surface area contributed by atoms with E-state index in [2.05, 4.69) is 55.9 Å². The molecule has 96 heavy (non-hydrogen) atoms. The molecule has 22 nitrogen and oxygen atoms in total. The Kier molecular flexibility index (Phi) is 49.3. The summed E-state index contributed by atoms with van der Waals surface area (Å²) in [6, 6.07) is 1.34. The minimum absolute atomic E-state index is 0.0997. The van der Waals surface area contributed by atoms with Crippen molar-refractivity contribution in [2.45, 2.75) is 332 Å². The minimum Gasteiger partial charge on any atom is -0.391 e. The molecule has 0 aromatic rings. The highest BCUT2D eigenvalue weighted by molar-refractivity contribution is 6.94. The van der Waals surface area contributed by atoms with Gasteiger partial charge in [0.1, 0.15) is 0 Å². The van der Waals surface area contributed by atoms with Gasteiger partial charge in [-0.3, -0.25) is 0 Å². The van der Waals surface area contributed by atoms with Crippen molar-refractivity contribution in [2.24, 2.45) is 0 Å². The molecular weight excluding hydrogens is 1380 g/mol. The summed E-state index contributed by atoms with van der Waals surface area (Å²) in [5, 5.41) is 0. The molecule has 1 heterocycles. The quantitative estimate of drug-likeness (QED) is 0.0293. The van der Waals surface area contributed by atoms with Gasteiger partial charge >= 0.3 is 79.7 Å². The van der Waals surface area contributed by atoms with Gasteiger partial charge in [-0.2, -0.15) is 0 Å². The van der Waals surface area contributed by atoms with Gasteiger partial charge in [0.15, 0.2) is 0 Å². The van der Waals surface area contributed by atoms with E-state index in [0.717, 1.165) is 34.9 Å². The third-order valence-corrected chi connectivity index (χ3v) is 50.5. The standard InChI is InChI=1S/C65H152N2O20Si9/c1-22-30-32-34-36-38-40-42-44-46-48-50-52-54-58-64(9)66(11,12)60-56-62-93(69,73-24-3)86-95(75-26-5,76-27-6)84-89(18,71-15)79-88(17,68)80-91(20)82-92(21,83-91)81-90(19,72-16)85-96(77-28-7,78-29-8)87-94(70,74-25-4)63-57-61-67(13,14)65(10)59-55-53-51-49-47-45-43-41-39-37-35-33-31-23-2/h64-65,68-70H,22-63H2,1-21H3/q+2. The largest absolute Gasteiger partial charge is 0.664 e. The summed E-state index contributed by atoms with van der Waals surface area (Å²) in [6.45, 7) is 30.3. The van der Waals surface area contributed by atoms with E-state index in [1.54, 1.807) is 53.9 Å². The lowest BCUT2D eigenvalue weighted by molar-refractivity contribution is -0.913. The zero-order chi connectivity index (χ0) is 72.4. The average Bonchev–Trinajstić information content (AvgIpc) is 0.744. The van der Waals surface area contributed by atoms with E-state index in [1.165, 1.54) is 201 Å². The van der Waals surface area contributed by atoms with Crippen LogP contribution in [-0.2, 0) is 72.4 Å². The molecule has 7 atom stereocenters. The van der Waals surface area contributed by atoms with Gasteiger partial charge in [0, 0.05) is 112 Å². The molecule has 1 fully saturated rings. The first-order chi connectivity index (χ1) is 45.2. The van der Waals surface area contributed by atoms with Crippen LogP contribution in [0.1, 0.15) is 275 Å². The van der Waals surface area contributed by atoms with Crippen molar-refractivity contribution in [3.8, 4) is 0 Å². The smallest absolute Gasteiger partial charge is 0.391 e. The summed E-state index contributed by atoms with van der Waals surface area (Å²) < 4.78 is 110. The molecule has 576 valence electrons. The molecule has 1 rings (SSSR count). The zero-order valence-electron chi connectivity index (χ0n) is 65.5. The maximum absolute atomic E-state index is 12.3. The molecular formula is C65H152N2O20Si9+2. The lowest BCUT2D eigenvalue weighted by Gasteiger charge is -2.51. The van der Waals surface area contributed by atoms with E-state index in [1.807, 2.05) is 13.8 Å². The van der Waals surface area contributed by atoms with Crippen LogP contribution in [-0.4, -0.2) is 210 Å². The van der Waals surface area contributed by atoms with Crippen LogP contribution in [0, 0.1) is 0 Å². The van der Waals surface area contributed by atoms with Crippen LogP contribution in [0.4, 0.5) is 0 Å². The molecule has 31 heteroatoms. The van der Waals surface area contributed by atoms with E-state index < -0.39 is 79.7 Å². The van der Waals surface area contributed by atoms with Gasteiger partial charge in [0.2, 0.25) is 0 Å². The van der Waals surface area contributed by atoms with Crippen LogP contribution in [0.2, 0.25) is 44.8 Å². The number of quaternary nitrogens is 2. The fraction of sp³-hybridized carbons (Fsp3) is 1.00. The van der Waals surface area contributed by atoms with Crippen LogP contribution < -0.4 is 0 Å². The monoisotopic (exact) mass is 1530 g/mol. The summed E-state index contributed by atoms with van der Waals surface area (Å²) in [4.78, 5) is 36.7. The Morgan fingerprint density at radius 3 is 0.906 bits per heavy atom. The Labute approximate surface area is 598 Å². The van der Waals surface area contributed by atoms with Crippen LogP contribution in [0.5, 0.6) is 0 Å². The summed E-state index contributed by atoms with van der Waals surface area (Å²) >= 11 is 0. The first kappa shape index (κ1) is 95.1. The fourth-order valence-corrected chi connectivity index (χ4v) is 46.3. The molecule has 0 aromatic heterocycles. The van der Waals surface area contributed by atoms with Crippen LogP contribution >= 0.6 is 0 Å². The van der Waals surface area contributed by atoms with Crippen LogP contribution in [0.15, 0.2) is 0 Å². The third-order valence-electron chi connectivity index (χ3n) is 18.6. The molecule has 3 N–H and O–H groups in total. The summed E-state index contributed by atoms with van der Waals surface area (Å²) in [5.74, 6) is 0. The van der Waals surface area contributed by atoms with E-state index in [9.17, 15) is 14.4 Å². The maximum atomic E-state index is 12.3. The number of rotatable bonds is 68. The third kappa shape index (κ3) is 40.0. The average molecular weight is 1530 g/mol. The molecule has 0 spiro atoms. The van der Waals surface area contributed by atoms with E-state index in [4.69, 9.17) is 72.4 Å². The van der Waals surface area contributed by atoms with Gasteiger partial charge in [-0.1, -0.05) is 181 Å². The Balaban J connectivity index is 3.04. The Morgan fingerprint density at radius 1 is 0.354 bits per heavy atom. The van der Waals surface area contributed by atoms with Crippen molar-refractivity contribution in [2.75, 3.05) is 95.1 Å². The lowest BCUT2D eigenvalue weighted by Crippen LogP contribution is -2.77. The summed E-state index contributed by atoms with van der Waals surface area (Å²) in [7, 11) is -24.6. The number of hydrogen-bond acceptors (Lipinski definition) is 20. The predicted octanol–water partition coefficient (Wildman–Crippen LogP) is 15.7. The van der Waals surface area contributed by atoms with Crippen LogP contribution in [0.25, 0.3) is 0 Å². The first-order valence-corrected chi connectivity index (χ1v) is 56.7. The predicted molar refractivity (Wildman–Crippen MR) is 403 cm³/mol. The van der Waals surface area contributed by atoms with Crippen molar-refractivity contribution in [1.82, 2.24) is 0 Å². The van der Waals surface area contributed by atoms with E-state index in [0.29, 0.717) is 24.9 Å². The number of nitrogens with zero attached hydrogens (tertiary/aromatic N) is 2. The lowest BCUT2D eigenvalue weighted by atomic mass is 10.0. The number of unbranched alkanes of at least 4 members (excludes halogenated alkanes) is 26. The van der Waals surface area contributed by atoms with Crippen molar-refractivity contribution < 1.29 is 95.8 Å². The first-order valence-electron chi connectivity index (χ1n) is 38.3. The van der Waals surface area contributed by atoms with Gasteiger partial charge < -0.3 is 95.8 Å². The van der Waals surface area contributed by atoms with E-state index in [-0.39, 0.29) is 51.7 Å². The Hall–Kier alpha value is 1.07. The van der Waals surface area contributed by atoms with Gasteiger partial charge in [-0.05, 0) is 81.1 Å². The highest BCUT2D eigenvalue weighted by Crippen LogP contribution is 2.39. The maximum Gasteiger partial charge on any atom is 0.664 e. The molecule has 0 bridgehead atoms. The van der Waals surface area contributed by atoms with Crippen LogP contribution in [0.3, 0.4) is 0 Å². The molecule has 0 radical (unpaired) electrons. The summed E-state index contributed by atoms with van der Waals surface area (Å²) in [5.41, 5.74) is 0. The topological polar surface area (TPSA) is 218 Å². The molecule has 0 saturated carbocycles. The van der Waals surface area contributed by atoms with Crippen molar-refractivity contribution in [3.63, 3.8) is 0 Å². The Bertz CT molecular complexity index is 1930. The zero-order valence-corrected chi connectivity index (χ0v) is 74.5. The Morgan fingerprint density at radius 2 is 0.625 bits per heavy atom. The van der Waals surface area contributed by atoms with Gasteiger partial charge in [0.05, 0.1) is 53.4 Å². The number of hydrogen-bond donors (Lipinski definition) is 3. The minimum atomic E-state index is -4.37. The molecule has 0 amide bonds. The van der Waals surface area contributed by atoms with Gasteiger partial charge in [-0.15, -0.1) is 0 Å². The van der Waals surface area contributed by atoms with Crippen molar-refractivity contribution in [1.29, 1.82) is 0 Å². The van der Waals surface area contributed by atoms with E-state index >= 15 is 0 Å². The molecule has 1 saturated heterocycles. The molecule has 1 aliphatic heterocycles. The second kappa shape index (κ2) is 49.8. The molecule has 0 aliphatic carbocycles. The second-order valence-electron chi connectivity index (χ2n) is 28.4. The molecule has 0 aromatic carbocycles. The summed E-state index contributed by atoms with van der Waals surface area (Å²) in [6.07, 6.45) is 41.1. The second-order valence-corrected chi connectivity index (χ2v) is 52.8. The molecule has 1 aliphatic rings.